The maximum Gasteiger partial charge on any atom is 0.0903 e. The molecule has 0 atom stereocenters. The van der Waals surface area contributed by atoms with Gasteiger partial charge in [-0.25, -0.2) is 0 Å². The van der Waals surface area contributed by atoms with Crippen molar-refractivity contribution in [2.24, 2.45) is 0 Å². The SMILES string of the molecule is CCCC(C)(C)NC(C)=N. The molecule has 0 rings (SSSR count). The summed E-state index contributed by atoms with van der Waals surface area (Å²) in [5.41, 5.74) is 0.0978. The second-order valence-corrected chi connectivity index (χ2v) is 3.38. The van der Waals surface area contributed by atoms with Gasteiger partial charge in [-0.3, -0.25) is 5.41 Å². The zero-order valence-electron chi connectivity index (χ0n) is 7.41. The van der Waals surface area contributed by atoms with Crippen LogP contribution in [0, 0.1) is 5.41 Å². The quantitative estimate of drug-likeness (QED) is 0.459. The standard InChI is InChI=1S/C8H18N2/c1-5-6-8(3,4)10-7(2)9/h5-6H2,1-4H3,(H2,9,10). The third-order valence-electron chi connectivity index (χ3n) is 1.40. The van der Waals surface area contributed by atoms with E-state index in [2.05, 4.69) is 26.1 Å². The Morgan fingerprint density at radius 2 is 2.00 bits per heavy atom. The summed E-state index contributed by atoms with van der Waals surface area (Å²) in [6, 6.07) is 0. The van der Waals surface area contributed by atoms with E-state index in [-0.39, 0.29) is 5.54 Å². The first-order chi connectivity index (χ1) is 4.48. The minimum Gasteiger partial charge on any atom is -0.369 e. The van der Waals surface area contributed by atoms with Crippen molar-refractivity contribution < 1.29 is 0 Å². The summed E-state index contributed by atoms with van der Waals surface area (Å²) in [6.07, 6.45) is 2.27. The average molecular weight is 142 g/mol. The molecule has 2 heteroatoms. The van der Waals surface area contributed by atoms with E-state index in [4.69, 9.17) is 5.41 Å². The topological polar surface area (TPSA) is 35.9 Å². The van der Waals surface area contributed by atoms with Crippen molar-refractivity contribution in [3.8, 4) is 0 Å². The van der Waals surface area contributed by atoms with Gasteiger partial charge in [-0.05, 0) is 27.2 Å². The molecule has 60 valence electrons. The molecular weight excluding hydrogens is 124 g/mol. The molecule has 0 fully saturated rings. The minimum absolute atomic E-state index is 0.0978. The summed E-state index contributed by atoms with van der Waals surface area (Å²) in [5, 5.41) is 10.3. The molecule has 2 nitrogen and oxygen atoms in total. The molecule has 0 unspecified atom stereocenters. The predicted molar refractivity (Wildman–Crippen MR) is 45.5 cm³/mol. The fourth-order valence-electron chi connectivity index (χ4n) is 1.20. The number of hydrogen-bond donors (Lipinski definition) is 2. The average Bonchev–Trinajstić information content (AvgIpc) is 1.59. The maximum absolute atomic E-state index is 7.22. The lowest BCUT2D eigenvalue weighted by Crippen LogP contribution is -2.41. The highest BCUT2D eigenvalue weighted by Crippen LogP contribution is 2.09. The van der Waals surface area contributed by atoms with Gasteiger partial charge in [0, 0.05) is 5.54 Å². The first-order valence-electron chi connectivity index (χ1n) is 3.81. The second-order valence-electron chi connectivity index (χ2n) is 3.38. The van der Waals surface area contributed by atoms with Crippen molar-refractivity contribution in [2.45, 2.75) is 46.1 Å². The van der Waals surface area contributed by atoms with Crippen molar-refractivity contribution in [2.75, 3.05) is 0 Å². The molecule has 0 saturated heterocycles. The first kappa shape index (κ1) is 9.47. The van der Waals surface area contributed by atoms with Crippen LogP contribution in [0.25, 0.3) is 0 Å². The molecular formula is C8H18N2. The molecule has 0 spiro atoms. The fraction of sp³-hybridized carbons (Fsp3) is 0.875. The Balaban J connectivity index is 3.74. The molecule has 0 saturated carbocycles. The Kier molecular flexibility index (Phi) is 3.40. The van der Waals surface area contributed by atoms with Crippen LogP contribution >= 0.6 is 0 Å². The van der Waals surface area contributed by atoms with Gasteiger partial charge in [0.2, 0.25) is 0 Å². The number of hydrogen-bond acceptors (Lipinski definition) is 1. The molecule has 0 aromatic carbocycles. The summed E-state index contributed by atoms with van der Waals surface area (Å²) in [6.45, 7) is 8.17. The number of amidine groups is 1. The van der Waals surface area contributed by atoms with E-state index < -0.39 is 0 Å². The smallest absolute Gasteiger partial charge is 0.0903 e. The van der Waals surface area contributed by atoms with Crippen LogP contribution in [0.15, 0.2) is 0 Å². The van der Waals surface area contributed by atoms with E-state index in [1.807, 2.05) is 0 Å². The minimum atomic E-state index is 0.0978. The molecule has 0 amide bonds. The third-order valence-corrected chi connectivity index (χ3v) is 1.40. The van der Waals surface area contributed by atoms with Gasteiger partial charge < -0.3 is 5.32 Å². The van der Waals surface area contributed by atoms with Crippen LogP contribution in [0.4, 0.5) is 0 Å². The molecule has 0 bridgehead atoms. The fourth-order valence-corrected chi connectivity index (χ4v) is 1.20. The monoisotopic (exact) mass is 142 g/mol. The molecule has 0 heterocycles. The lowest BCUT2D eigenvalue weighted by atomic mass is 9.99. The Bertz CT molecular complexity index is 116. The van der Waals surface area contributed by atoms with E-state index in [1.54, 1.807) is 6.92 Å². The highest BCUT2D eigenvalue weighted by Gasteiger charge is 2.14. The van der Waals surface area contributed by atoms with Gasteiger partial charge in [0.15, 0.2) is 0 Å². The van der Waals surface area contributed by atoms with Gasteiger partial charge in [-0.1, -0.05) is 13.3 Å². The van der Waals surface area contributed by atoms with Crippen LogP contribution in [0.3, 0.4) is 0 Å². The van der Waals surface area contributed by atoms with Gasteiger partial charge in [-0.2, -0.15) is 0 Å². The van der Waals surface area contributed by atoms with Crippen molar-refractivity contribution in [3.05, 3.63) is 0 Å². The summed E-state index contributed by atoms with van der Waals surface area (Å²) < 4.78 is 0. The van der Waals surface area contributed by atoms with Crippen LogP contribution in [0.2, 0.25) is 0 Å². The second kappa shape index (κ2) is 3.59. The van der Waals surface area contributed by atoms with Crippen molar-refractivity contribution in [3.63, 3.8) is 0 Å². The largest absolute Gasteiger partial charge is 0.369 e. The maximum atomic E-state index is 7.22. The summed E-state index contributed by atoms with van der Waals surface area (Å²) >= 11 is 0. The van der Waals surface area contributed by atoms with Crippen molar-refractivity contribution in [1.29, 1.82) is 5.41 Å². The summed E-state index contributed by atoms with van der Waals surface area (Å²) in [5.74, 6) is 0.554. The molecule has 0 aliphatic heterocycles. The molecule has 0 aliphatic rings. The molecule has 2 N–H and O–H groups in total. The Labute approximate surface area is 63.5 Å². The van der Waals surface area contributed by atoms with Crippen LogP contribution in [0.5, 0.6) is 0 Å². The zero-order chi connectivity index (χ0) is 8.20. The van der Waals surface area contributed by atoms with Gasteiger partial charge in [-0.15, -0.1) is 0 Å². The van der Waals surface area contributed by atoms with Crippen LogP contribution in [0.1, 0.15) is 40.5 Å². The van der Waals surface area contributed by atoms with Crippen molar-refractivity contribution in [1.82, 2.24) is 5.32 Å². The number of nitrogens with one attached hydrogen (secondary N) is 2. The normalized spacial score (nSPS) is 11.2. The zero-order valence-corrected chi connectivity index (χ0v) is 7.41. The third kappa shape index (κ3) is 4.36. The molecule has 10 heavy (non-hydrogen) atoms. The van der Waals surface area contributed by atoms with E-state index in [0.717, 1.165) is 12.8 Å². The van der Waals surface area contributed by atoms with Crippen LogP contribution in [-0.2, 0) is 0 Å². The lowest BCUT2D eigenvalue weighted by molar-refractivity contribution is 0.419. The Morgan fingerprint density at radius 1 is 1.50 bits per heavy atom. The van der Waals surface area contributed by atoms with Crippen LogP contribution < -0.4 is 5.32 Å². The molecule has 0 aromatic heterocycles. The highest BCUT2D eigenvalue weighted by atomic mass is 15.0. The molecule has 0 radical (unpaired) electrons. The Morgan fingerprint density at radius 3 is 2.30 bits per heavy atom. The molecule has 0 aromatic rings. The van der Waals surface area contributed by atoms with E-state index in [0.29, 0.717) is 5.84 Å². The highest BCUT2D eigenvalue weighted by molar-refractivity contribution is 5.76. The van der Waals surface area contributed by atoms with Crippen LogP contribution in [-0.4, -0.2) is 11.4 Å². The Hall–Kier alpha value is -0.530. The van der Waals surface area contributed by atoms with E-state index in [9.17, 15) is 0 Å². The van der Waals surface area contributed by atoms with E-state index in [1.165, 1.54) is 0 Å². The summed E-state index contributed by atoms with van der Waals surface area (Å²) in [4.78, 5) is 0. The van der Waals surface area contributed by atoms with Gasteiger partial charge in [0.25, 0.3) is 0 Å². The summed E-state index contributed by atoms with van der Waals surface area (Å²) in [7, 11) is 0. The van der Waals surface area contributed by atoms with Crippen molar-refractivity contribution >= 4 is 5.84 Å². The van der Waals surface area contributed by atoms with Gasteiger partial charge >= 0.3 is 0 Å². The van der Waals surface area contributed by atoms with Gasteiger partial charge in [0.1, 0.15) is 0 Å². The lowest BCUT2D eigenvalue weighted by Gasteiger charge is -2.25. The van der Waals surface area contributed by atoms with E-state index >= 15 is 0 Å². The van der Waals surface area contributed by atoms with Gasteiger partial charge in [0.05, 0.1) is 5.84 Å². The first-order valence-corrected chi connectivity index (χ1v) is 3.81. The molecule has 0 aliphatic carbocycles. The predicted octanol–water partition coefficient (Wildman–Crippen LogP) is 2.15. The number of rotatable bonds is 3.